The highest BCUT2D eigenvalue weighted by atomic mass is 35.5. The van der Waals surface area contributed by atoms with Gasteiger partial charge in [0.1, 0.15) is 0 Å². The second-order valence-electron chi connectivity index (χ2n) is 7.52. The Morgan fingerprint density at radius 2 is 1.67 bits per heavy atom. The molecular formula is C22H26Cl2N4O2. The van der Waals surface area contributed by atoms with Crippen LogP contribution in [-0.2, 0) is 9.59 Å². The lowest BCUT2D eigenvalue weighted by Gasteiger charge is -2.37. The molecule has 1 unspecified atom stereocenters. The molecule has 2 N–H and O–H groups in total. The lowest BCUT2D eigenvalue weighted by molar-refractivity contribution is -0.122. The molecule has 30 heavy (non-hydrogen) atoms. The van der Waals surface area contributed by atoms with Crippen LogP contribution >= 0.6 is 23.2 Å². The van der Waals surface area contributed by atoms with Gasteiger partial charge in [-0.25, -0.2) is 0 Å². The molecule has 8 heteroatoms. The Kier molecular flexibility index (Phi) is 7.72. The lowest BCUT2D eigenvalue weighted by atomic mass is 10.2. The number of nitrogens with one attached hydrogen (secondary N) is 2. The predicted octanol–water partition coefficient (Wildman–Crippen LogP) is 3.89. The van der Waals surface area contributed by atoms with Crippen molar-refractivity contribution in [3.05, 3.63) is 58.1 Å². The van der Waals surface area contributed by atoms with Crippen molar-refractivity contribution in [2.75, 3.05) is 43.4 Å². The van der Waals surface area contributed by atoms with E-state index in [-0.39, 0.29) is 17.9 Å². The molecule has 0 aliphatic carbocycles. The molecule has 1 aliphatic heterocycles. The highest BCUT2D eigenvalue weighted by Crippen LogP contribution is 2.25. The molecule has 1 aliphatic rings. The van der Waals surface area contributed by atoms with Crippen molar-refractivity contribution in [2.45, 2.75) is 19.9 Å². The highest BCUT2D eigenvalue weighted by Gasteiger charge is 2.26. The molecule has 1 fully saturated rings. The van der Waals surface area contributed by atoms with Crippen molar-refractivity contribution >= 4 is 46.4 Å². The summed E-state index contributed by atoms with van der Waals surface area (Å²) in [6, 6.07) is 12.4. The van der Waals surface area contributed by atoms with Crippen LogP contribution in [0.25, 0.3) is 0 Å². The van der Waals surface area contributed by atoms with E-state index in [0.29, 0.717) is 35.4 Å². The molecule has 0 saturated carbocycles. The largest absolute Gasteiger partial charge is 0.325 e. The second-order valence-corrected chi connectivity index (χ2v) is 8.36. The number of aryl methyl sites for hydroxylation is 1. The van der Waals surface area contributed by atoms with Crippen LogP contribution in [0.5, 0.6) is 0 Å². The van der Waals surface area contributed by atoms with E-state index in [4.69, 9.17) is 23.2 Å². The number of carbonyl (C=O) groups is 2. The summed E-state index contributed by atoms with van der Waals surface area (Å²) in [7, 11) is 0. The zero-order valence-corrected chi connectivity index (χ0v) is 18.6. The normalized spacial score (nSPS) is 16.1. The number of rotatable bonds is 6. The first kappa shape index (κ1) is 22.6. The molecule has 6 nitrogen and oxygen atoms in total. The Morgan fingerprint density at radius 3 is 2.33 bits per heavy atom. The summed E-state index contributed by atoms with van der Waals surface area (Å²) in [5, 5.41) is 6.73. The molecule has 3 rings (SSSR count). The van der Waals surface area contributed by atoms with Crippen LogP contribution in [0.3, 0.4) is 0 Å². The minimum atomic E-state index is -0.316. The van der Waals surface area contributed by atoms with Gasteiger partial charge in [0, 0.05) is 36.9 Å². The van der Waals surface area contributed by atoms with E-state index in [1.54, 1.807) is 18.2 Å². The van der Waals surface area contributed by atoms with Crippen LogP contribution in [0.4, 0.5) is 11.4 Å². The monoisotopic (exact) mass is 448 g/mol. The molecule has 0 aromatic heterocycles. The number of hydrogen-bond donors (Lipinski definition) is 2. The molecule has 2 aromatic carbocycles. The lowest BCUT2D eigenvalue weighted by Crippen LogP contribution is -2.53. The number of amides is 2. The average Bonchev–Trinajstić information content (AvgIpc) is 2.72. The van der Waals surface area contributed by atoms with Crippen LogP contribution in [-0.4, -0.2) is 60.4 Å². The fourth-order valence-corrected chi connectivity index (χ4v) is 3.68. The molecule has 1 heterocycles. The standard InChI is InChI=1S/C22H26Cl2N4O2/c1-15-3-6-18(7-4-15)25-21(29)14-27-9-11-28(12-10-27)16(2)22(30)26-20-13-17(23)5-8-19(20)24/h3-8,13,16H,9-12,14H2,1-2H3,(H,25,29)(H,26,30). The first-order valence-electron chi connectivity index (χ1n) is 9.90. The molecular weight excluding hydrogens is 423 g/mol. The molecule has 0 spiro atoms. The topological polar surface area (TPSA) is 64.7 Å². The fraction of sp³-hybridized carbons (Fsp3) is 0.364. The maximum absolute atomic E-state index is 12.6. The number of halogens is 2. The molecule has 2 amide bonds. The number of hydrogen-bond acceptors (Lipinski definition) is 4. The average molecular weight is 449 g/mol. The van der Waals surface area contributed by atoms with E-state index in [2.05, 4.69) is 20.4 Å². The SMILES string of the molecule is Cc1ccc(NC(=O)CN2CCN(C(C)C(=O)Nc3cc(Cl)ccc3Cl)CC2)cc1. The highest BCUT2D eigenvalue weighted by molar-refractivity contribution is 6.35. The van der Waals surface area contributed by atoms with Gasteiger partial charge in [-0.3, -0.25) is 19.4 Å². The van der Waals surface area contributed by atoms with E-state index in [1.165, 1.54) is 0 Å². The van der Waals surface area contributed by atoms with Crippen molar-refractivity contribution in [3.63, 3.8) is 0 Å². The zero-order chi connectivity index (χ0) is 21.7. The number of carbonyl (C=O) groups excluding carboxylic acids is 2. The van der Waals surface area contributed by atoms with Crippen LogP contribution in [0, 0.1) is 6.92 Å². The van der Waals surface area contributed by atoms with Crippen molar-refractivity contribution in [1.29, 1.82) is 0 Å². The van der Waals surface area contributed by atoms with Crippen molar-refractivity contribution in [1.82, 2.24) is 9.80 Å². The molecule has 160 valence electrons. The third-order valence-corrected chi connectivity index (χ3v) is 5.79. The van der Waals surface area contributed by atoms with Gasteiger partial charge >= 0.3 is 0 Å². The van der Waals surface area contributed by atoms with Crippen molar-refractivity contribution < 1.29 is 9.59 Å². The second kappa shape index (κ2) is 10.3. The summed E-state index contributed by atoms with van der Waals surface area (Å²) < 4.78 is 0. The Labute approximate surface area is 187 Å². The quantitative estimate of drug-likeness (QED) is 0.703. The zero-order valence-electron chi connectivity index (χ0n) is 17.1. The maximum atomic E-state index is 12.6. The summed E-state index contributed by atoms with van der Waals surface area (Å²) in [4.78, 5) is 29.1. The van der Waals surface area contributed by atoms with Crippen LogP contribution in [0.2, 0.25) is 10.0 Å². The molecule has 2 aromatic rings. The summed E-state index contributed by atoms with van der Waals surface area (Å²) in [5.41, 5.74) is 2.46. The molecule has 1 saturated heterocycles. The predicted molar refractivity (Wildman–Crippen MR) is 122 cm³/mol. The van der Waals surface area contributed by atoms with E-state index in [1.807, 2.05) is 38.1 Å². The minimum absolute atomic E-state index is 0.0336. The van der Waals surface area contributed by atoms with Gasteiger partial charge in [-0.15, -0.1) is 0 Å². The van der Waals surface area contributed by atoms with E-state index >= 15 is 0 Å². The summed E-state index contributed by atoms with van der Waals surface area (Å²) in [6.07, 6.45) is 0. The fourth-order valence-electron chi connectivity index (χ4n) is 3.35. The van der Waals surface area contributed by atoms with Gasteiger partial charge in [0.2, 0.25) is 11.8 Å². The number of piperazine rings is 1. The van der Waals surface area contributed by atoms with Crippen molar-refractivity contribution in [3.8, 4) is 0 Å². The van der Waals surface area contributed by atoms with Crippen LogP contribution in [0.15, 0.2) is 42.5 Å². The Balaban J connectivity index is 1.46. The molecule has 1 atom stereocenters. The smallest absolute Gasteiger partial charge is 0.241 e. The molecule has 0 radical (unpaired) electrons. The van der Waals surface area contributed by atoms with Gasteiger partial charge in [-0.1, -0.05) is 40.9 Å². The number of nitrogens with zero attached hydrogens (tertiary/aromatic N) is 2. The minimum Gasteiger partial charge on any atom is -0.325 e. The Hall–Kier alpha value is -2.12. The van der Waals surface area contributed by atoms with Crippen LogP contribution in [0.1, 0.15) is 12.5 Å². The van der Waals surface area contributed by atoms with E-state index in [0.717, 1.165) is 24.3 Å². The van der Waals surface area contributed by atoms with Crippen LogP contribution < -0.4 is 10.6 Å². The number of anilines is 2. The maximum Gasteiger partial charge on any atom is 0.241 e. The van der Waals surface area contributed by atoms with Gasteiger partial charge in [-0.2, -0.15) is 0 Å². The van der Waals surface area contributed by atoms with Gasteiger partial charge in [0.15, 0.2) is 0 Å². The Morgan fingerprint density at radius 1 is 1.00 bits per heavy atom. The van der Waals surface area contributed by atoms with Gasteiger partial charge in [0.25, 0.3) is 0 Å². The van der Waals surface area contributed by atoms with Gasteiger partial charge in [0.05, 0.1) is 23.3 Å². The van der Waals surface area contributed by atoms with E-state index in [9.17, 15) is 9.59 Å². The number of benzene rings is 2. The molecule has 0 bridgehead atoms. The first-order valence-corrected chi connectivity index (χ1v) is 10.7. The third-order valence-electron chi connectivity index (χ3n) is 5.22. The summed E-state index contributed by atoms with van der Waals surface area (Å²) in [5.74, 6) is -0.168. The van der Waals surface area contributed by atoms with Gasteiger partial charge < -0.3 is 10.6 Å². The summed E-state index contributed by atoms with van der Waals surface area (Å²) in [6.45, 7) is 7.06. The van der Waals surface area contributed by atoms with Crippen molar-refractivity contribution in [2.24, 2.45) is 0 Å². The third kappa shape index (κ3) is 6.19. The summed E-state index contributed by atoms with van der Waals surface area (Å²) >= 11 is 12.1. The Bertz CT molecular complexity index is 897. The first-order chi connectivity index (χ1) is 14.3. The van der Waals surface area contributed by atoms with E-state index < -0.39 is 0 Å². The van der Waals surface area contributed by atoms with Gasteiger partial charge in [-0.05, 0) is 44.2 Å².